The maximum absolute atomic E-state index is 12.6. The fourth-order valence-corrected chi connectivity index (χ4v) is 5.33. The molecule has 170 valence electrons. The van der Waals surface area contributed by atoms with Gasteiger partial charge < -0.3 is 14.1 Å². The summed E-state index contributed by atoms with van der Waals surface area (Å²) in [4.78, 5) is 43.1. The molecule has 0 spiro atoms. The van der Waals surface area contributed by atoms with Crippen LogP contribution in [0.1, 0.15) is 19.4 Å². The van der Waals surface area contributed by atoms with E-state index in [-0.39, 0.29) is 12.2 Å². The Balaban J connectivity index is 1.58. The highest BCUT2D eigenvalue weighted by molar-refractivity contribution is 7.50. The predicted molar refractivity (Wildman–Crippen MR) is 119 cm³/mol. The molecule has 1 aromatic carbocycles. The van der Waals surface area contributed by atoms with E-state index in [0.29, 0.717) is 17.9 Å². The Bertz CT molecular complexity index is 1240. The number of carbonyl (C=O) groups is 2. The van der Waals surface area contributed by atoms with Crippen LogP contribution in [-0.4, -0.2) is 45.3 Å². The zero-order valence-corrected chi connectivity index (χ0v) is 18.9. The highest BCUT2D eigenvalue weighted by Gasteiger charge is 2.49. The summed E-state index contributed by atoms with van der Waals surface area (Å²) in [5.41, 5.74) is 3.55. The smallest absolute Gasteiger partial charge is 0.442 e. The Kier molecular flexibility index (Phi) is 5.70. The molecule has 2 aliphatic rings. The van der Waals surface area contributed by atoms with Gasteiger partial charge in [-0.25, -0.2) is 9.36 Å². The first-order valence-corrected chi connectivity index (χ1v) is 11.6. The van der Waals surface area contributed by atoms with Gasteiger partial charge in [0.25, 0.3) is 5.82 Å². The largest absolute Gasteiger partial charge is 0.488 e. The van der Waals surface area contributed by atoms with Crippen molar-refractivity contribution in [3.05, 3.63) is 65.8 Å². The number of ether oxygens (including phenoxy) is 1. The van der Waals surface area contributed by atoms with Gasteiger partial charge in [-0.2, -0.15) is 0 Å². The number of carbonyl (C=O) groups excluding carboxylic acids is 2. The minimum absolute atomic E-state index is 0.161. The van der Waals surface area contributed by atoms with E-state index in [9.17, 15) is 19.0 Å². The third kappa shape index (κ3) is 4.21. The molecule has 0 aliphatic carbocycles. The number of allylic oxidation sites excluding steroid dienone is 1. The lowest BCUT2D eigenvalue weighted by Gasteiger charge is -2.30. The quantitative estimate of drug-likeness (QED) is 0.499. The van der Waals surface area contributed by atoms with E-state index in [1.165, 1.54) is 11.8 Å². The monoisotopic (exact) mass is 468 g/mol. The molecule has 0 radical (unpaired) electrons. The molecule has 1 unspecified atom stereocenters. The van der Waals surface area contributed by atoms with Crippen molar-refractivity contribution in [2.45, 2.75) is 32.4 Å². The van der Waals surface area contributed by atoms with Gasteiger partial charge in [0.1, 0.15) is 12.3 Å². The normalized spacial score (nSPS) is 20.2. The lowest BCUT2D eigenvalue weighted by atomic mass is 10.0. The molecule has 2 aromatic rings. The van der Waals surface area contributed by atoms with Crippen molar-refractivity contribution in [1.29, 1.82) is 0 Å². The standard InChI is InChI=1S/C22H21N4O6P/c1-13(2)25(33(29,30)32-14(3)27)12-20-19-10-17-9-15(16-6-8-21(23-4)24-11-16)5-7-18(17)26(19)22(28)31-20/h5-9,11,19-20H,1,10,12H2,2-3H3,(H,29,30)/t19-,20-/m0/s1. The molecule has 1 fully saturated rings. The van der Waals surface area contributed by atoms with E-state index in [1.54, 1.807) is 12.3 Å². The number of cyclic esters (lactones) is 1. The summed E-state index contributed by atoms with van der Waals surface area (Å²) in [5, 5.41) is 0. The number of nitrogens with zero attached hydrogens (tertiary/aromatic N) is 4. The lowest BCUT2D eigenvalue weighted by Crippen LogP contribution is -2.39. The van der Waals surface area contributed by atoms with Gasteiger partial charge in [0.15, 0.2) is 0 Å². The first-order chi connectivity index (χ1) is 15.6. The van der Waals surface area contributed by atoms with E-state index in [1.807, 2.05) is 24.3 Å². The van der Waals surface area contributed by atoms with Crippen molar-refractivity contribution in [3.8, 4) is 11.1 Å². The van der Waals surface area contributed by atoms with Crippen LogP contribution in [0.15, 0.2) is 48.8 Å². The second-order valence-electron chi connectivity index (χ2n) is 7.81. The molecule has 1 N–H and O–H groups in total. The third-order valence-electron chi connectivity index (χ3n) is 5.52. The van der Waals surface area contributed by atoms with Crippen molar-refractivity contribution in [2.24, 2.45) is 0 Å². The summed E-state index contributed by atoms with van der Waals surface area (Å²) in [6.45, 7) is 13.1. The molecule has 1 saturated heterocycles. The van der Waals surface area contributed by atoms with Crippen molar-refractivity contribution in [2.75, 3.05) is 11.4 Å². The third-order valence-corrected chi connectivity index (χ3v) is 7.13. The number of benzene rings is 1. The molecule has 0 saturated carbocycles. The summed E-state index contributed by atoms with van der Waals surface area (Å²) in [5.74, 6) is -0.597. The molecule has 3 heterocycles. The minimum atomic E-state index is -4.51. The maximum atomic E-state index is 12.6. The second kappa shape index (κ2) is 8.35. The van der Waals surface area contributed by atoms with Crippen LogP contribution < -0.4 is 4.90 Å². The van der Waals surface area contributed by atoms with Crippen molar-refractivity contribution in [3.63, 3.8) is 0 Å². The van der Waals surface area contributed by atoms with Crippen LogP contribution in [0.5, 0.6) is 0 Å². The van der Waals surface area contributed by atoms with E-state index in [2.05, 4.69) is 20.9 Å². The molecule has 1 aromatic heterocycles. The number of pyridine rings is 1. The molecule has 2 aliphatic heterocycles. The molecule has 33 heavy (non-hydrogen) atoms. The van der Waals surface area contributed by atoms with Crippen molar-refractivity contribution < 1.29 is 28.3 Å². The van der Waals surface area contributed by atoms with Gasteiger partial charge >= 0.3 is 19.8 Å². The predicted octanol–water partition coefficient (Wildman–Crippen LogP) is 4.05. The van der Waals surface area contributed by atoms with Gasteiger partial charge in [-0.05, 0) is 42.7 Å². The summed E-state index contributed by atoms with van der Waals surface area (Å²) < 4.78 is 23.7. The average Bonchev–Trinajstić information content (AvgIpc) is 3.27. The molecule has 4 rings (SSSR count). The van der Waals surface area contributed by atoms with Crippen LogP contribution in [0.25, 0.3) is 16.0 Å². The van der Waals surface area contributed by atoms with Crippen LogP contribution in [0, 0.1) is 6.57 Å². The Labute approximate surface area is 190 Å². The zero-order valence-electron chi connectivity index (χ0n) is 18.0. The van der Waals surface area contributed by atoms with Crippen LogP contribution in [-0.2, 0) is 25.0 Å². The summed E-state index contributed by atoms with van der Waals surface area (Å²) in [6, 6.07) is 8.70. The van der Waals surface area contributed by atoms with E-state index in [0.717, 1.165) is 28.3 Å². The van der Waals surface area contributed by atoms with Crippen molar-refractivity contribution in [1.82, 2.24) is 9.65 Å². The van der Waals surface area contributed by atoms with Crippen LogP contribution in [0.3, 0.4) is 0 Å². The minimum Gasteiger partial charge on any atom is -0.442 e. The first-order valence-electron chi connectivity index (χ1n) is 10.0. The highest BCUT2D eigenvalue weighted by atomic mass is 31.2. The van der Waals surface area contributed by atoms with E-state index >= 15 is 0 Å². The van der Waals surface area contributed by atoms with Gasteiger partial charge in [0.05, 0.1) is 18.3 Å². The Hall–Kier alpha value is -3.67. The van der Waals surface area contributed by atoms with Gasteiger partial charge in [-0.15, -0.1) is 4.98 Å². The Morgan fingerprint density at radius 2 is 2.12 bits per heavy atom. The molecule has 3 atom stereocenters. The highest BCUT2D eigenvalue weighted by Crippen LogP contribution is 2.50. The number of amides is 1. The van der Waals surface area contributed by atoms with Gasteiger partial charge in [0.2, 0.25) is 0 Å². The molecular formula is C22H21N4O6P. The topological polar surface area (TPSA) is 114 Å². The van der Waals surface area contributed by atoms with E-state index < -0.39 is 32.0 Å². The van der Waals surface area contributed by atoms with Gasteiger partial charge in [-0.1, -0.05) is 25.3 Å². The summed E-state index contributed by atoms with van der Waals surface area (Å²) in [6.07, 6.45) is 0.795. The molecule has 10 nitrogen and oxygen atoms in total. The fraction of sp³-hybridized carbons (Fsp3) is 0.273. The number of hydrogen-bond acceptors (Lipinski definition) is 6. The van der Waals surface area contributed by atoms with Crippen LogP contribution in [0.2, 0.25) is 0 Å². The number of aromatic nitrogens is 1. The van der Waals surface area contributed by atoms with Crippen LogP contribution >= 0.6 is 7.75 Å². The Morgan fingerprint density at radius 3 is 2.73 bits per heavy atom. The maximum Gasteiger partial charge on any atom is 0.488 e. The zero-order chi connectivity index (χ0) is 23.9. The fourth-order valence-electron chi connectivity index (χ4n) is 4.10. The Morgan fingerprint density at radius 1 is 1.39 bits per heavy atom. The number of hydrogen-bond donors (Lipinski definition) is 1. The number of fused-ring (bicyclic) bond motifs is 3. The lowest BCUT2D eigenvalue weighted by molar-refractivity contribution is -0.132. The summed E-state index contributed by atoms with van der Waals surface area (Å²) >= 11 is 0. The molecule has 11 heteroatoms. The van der Waals surface area contributed by atoms with Gasteiger partial charge in [0, 0.05) is 18.2 Å². The SMILES string of the molecule is [C-]#[N+]c1ccc(-c2ccc3c(c2)C[C@H]2[C@H](CN(C(=C)C)P(=O)(O)OC(C)=O)OC(=O)N32)cn1. The second-order valence-corrected chi connectivity index (χ2v) is 9.46. The summed E-state index contributed by atoms with van der Waals surface area (Å²) in [7, 11) is -4.51. The molecule has 1 amide bonds. The molecular weight excluding hydrogens is 447 g/mol. The first kappa shape index (κ1) is 22.5. The average molecular weight is 468 g/mol. The molecule has 0 bridgehead atoms. The number of rotatable bonds is 6. The number of anilines is 1. The van der Waals surface area contributed by atoms with Gasteiger partial charge in [-0.3, -0.25) is 19.3 Å². The van der Waals surface area contributed by atoms with Crippen LogP contribution in [0.4, 0.5) is 16.3 Å². The van der Waals surface area contributed by atoms with Crippen molar-refractivity contribution >= 4 is 31.3 Å². The van der Waals surface area contributed by atoms with E-state index in [4.69, 9.17) is 11.3 Å².